The van der Waals surface area contributed by atoms with Crippen molar-refractivity contribution in [3.63, 3.8) is 0 Å². The van der Waals surface area contributed by atoms with Crippen molar-refractivity contribution in [2.45, 2.75) is 59.8 Å². The molecular weight excluding hydrogens is 352 g/mol. The summed E-state index contributed by atoms with van der Waals surface area (Å²) in [6.45, 7) is 8.82. The van der Waals surface area contributed by atoms with E-state index in [4.69, 9.17) is 4.74 Å². The molecule has 0 aliphatic heterocycles. The average Bonchev–Trinajstić information content (AvgIpc) is 2.95. The van der Waals surface area contributed by atoms with Crippen LogP contribution in [-0.2, 0) is 9.53 Å². The smallest absolute Gasteiger partial charge is 0.341 e. The van der Waals surface area contributed by atoms with Crippen LogP contribution in [0.5, 0.6) is 0 Å². The summed E-state index contributed by atoms with van der Waals surface area (Å²) >= 11 is 1.15. The summed E-state index contributed by atoms with van der Waals surface area (Å²) in [5.74, 6) is -0.820. The zero-order valence-electron chi connectivity index (χ0n) is 16.4. The largest absolute Gasteiger partial charge is 0.465 e. The first-order chi connectivity index (χ1) is 12.4. The van der Waals surface area contributed by atoms with Gasteiger partial charge in [0.15, 0.2) is 0 Å². The monoisotopic (exact) mass is 382 g/mol. The van der Waals surface area contributed by atoms with E-state index in [0.29, 0.717) is 35.0 Å². The van der Waals surface area contributed by atoms with E-state index in [1.54, 1.807) is 11.8 Å². The second-order valence-electron chi connectivity index (χ2n) is 6.09. The molecule has 6 nitrogen and oxygen atoms in total. The number of nitrogens with zero attached hydrogens (tertiary/aromatic N) is 1. The Morgan fingerprint density at radius 1 is 1.08 bits per heavy atom. The number of ether oxygens (including phenoxy) is 1. The van der Waals surface area contributed by atoms with Gasteiger partial charge in [0, 0.05) is 19.5 Å². The minimum absolute atomic E-state index is 0.133. The summed E-state index contributed by atoms with van der Waals surface area (Å²) in [7, 11) is 1.29. The molecule has 1 heterocycles. The Labute approximate surface area is 159 Å². The van der Waals surface area contributed by atoms with Crippen molar-refractivity contribution in [2.75, 3.05) is 25.5 Å². The number of esters is 1. The number of rotatable bonds is 10. The third kappa shape index (κ3) is 5.56. The van der Waals surface area contributed by atoms with Crippen LogP contribution in [0.1, 0.15) is 78.5 Å². The fraction of sp³-hybridized carbons (Fsp3) is 0.632. The number of methoxy groups -OCH3 is 1. The minimum atomic E-state index is -0.543. The number of carbonyl (C=O) groups excluding carboxylic acids is 3. The minimum Gasteiger partial charge on any atom is -0.465 e. The number of anilines is 1. The molecule has 0 saturated heterocycles. The van der Waals surface area contributed by atoms with Gasteiger partial charge >= 0.3 is 5.97 Å². The van der Waals surface area contributed by atoms with Crippen LogP contribution >= 0.6 is 11.3 Å². The van der Waals surface area contributed by atoms with E-state index in [1.807, 2.05) is 13.8 Å². The molecule has 2 amide bonds. The number of nitrogens with one attached hydrogen (secondary N) is 1. The van der Waals surface area contributed by atoms with Crippen molar-refractivity contribution in [3.05, 3.63) is 16.0 Å². The molecule has 1 aromatic heterocycles. The molecule has 0 aromatic carbocycles. The molecule has 1 N–H and O–H groups in total. The lowest BCUT2D eigenvalue weighted by molar-refractivity contribution is -0.116. The summed E-state index contributed by atoms with van der Waals surface area (Å²) in [5, 5.41) is 3.20. The lowest BCUT2D eigenvalue weighted by Gasteiger charge is -2.17. The Bertz CT molecular complexity index is 636. The fourth-order valence-electron chi connectivity index (χ4n) is 2.71. The number of hydrogen-bond acceptors (Lipinski definition) is 5. The molecule has 0 atom stereocenters. The number of unbranched alkanes of at least 4 members (excludes halogenated alkanes) is 3. The maximum Gasteiger partial charge on any atom is 0.341 e. The van der Waals surface area contributed by atoms with Crippen molar-refractivity contribution < 1.29 is 19.1 Å². The van der Waals surface area contributed by atoms with Gasteiger partial charge in [-0.05, 0) is 32.8 Å². The van der Waals surface area contributed by atoms with E-state index < -0.39 is 5.97 Å². The number of hydrogen-bond donors (Lipinski definition) is 1. The molecule has 26 heavy (non-hydrogen) atoms. The summed E-state index contributed by atoms with van der Waals surface area (Å²) in [6.07, 6.45) is 4.42. The van der Waals surface area contributed by atoms with Gasteiger partial charge in [0.2, 0.25) is 5.91 Å². The second kappa shape index (κ2) is 11.0. The molecule has 0 aliphatic carbocycles. The van der Waals surface area contributed by atoms with Gasteiger partial charge in [0.25, 0.3) is 5.91 Å². The van der Waals surface area contributed by atoms with Crippen LogP contribution in [-0.4, -0.2) is 42.9 Å². The van der Waals surface area contributed by atoms with E-state index in [0.717, 1.165) is 37.0 Å². The molecule has 0 aliphatic rings. The molecule has 0 bridgehead atoms. The highest BCUT2D eigenvalue weighted by atomic mass is 32.1. The summed E-state index contributed by atoms with van der Waals surface area (Å²) in [4.78, 5) is 39.3. The van der Waals surface area contributed by atoms with E-state index >= 15 is 0 Å². The van der Waals surface area contributed by atoms with Crippen LogP contribution in [0, 0.1) is 6.92 Å². The summed E-state index contributed by atoms with van der Waals surface area (Å²) in [6, 6.07) is 0. The highest BCUT2D eigenvalue weighted by Gasteiger charge is 2.27. The first-order valence-electron chi connectivity index (χ1n) is 9.21. The van der Waals surface area contributed by atoms with Gasteiger partial charge in [-0.1, -0.05) is 26.2 Å². The van der Waals surface area contributed by atoms with Gasteiger partial charge in [-0.3, -0.25) is 9.59 Å². The Morgan fingerprint density at radius 3 is 2.27 bits per heavy atom. The Kier molecular flexibility index (Phi) is 9.34. The van der Waals surface area contributed by atoms with Crippen molar-refractivity contribution in [1.29, 1.82) is 0 Å². The molecule has 146 valence electrons. The van der Waals surface area contributed by atoms with Gasteiger partial charge in [0.05, 0.1) is 17.6 Å². The van der Waals surface area contributed by atoms with Crippen LogP contribution in [0.15, 0.2) is 0 Å². The molecule has 1 aromatic rings. The third-order valence-electron chi connectivity index (χ3n) is 4.29. The highest BCUT2D eigenvalue weighted by Crippen LogP contribution is 2.34. The van der Waals surface area contributed by atoms with Gasteiger partial charge < -0.3 is 15.0 Å². The van der Waals surface area contributed by atoms with Crippen LogP contribution in [0.4, 0.5) is 5.00 Å². The van der Waals surface area contributed by atoms with Gasteiger partial charge in [-0.2, -0.15) is 0 Å². The molecule has 0 unspecified atom stereocenters. The van der Waals surface area contributed by atoms with E-state index in [-0.39, 0.29) is 17.4 Å². The Hall–Kier alpha value is -1.89. The number of thiophene rings is 1. The highest BCUT2D eigenvalue weighted by molar-refractivity contribution is 7.18. The first kappa shape index (κ1) is 22.2. The zero-order chi connectivity index (χ0) is 19.7. The number of carbonyl (C=O) groups is 3. The van der Waals surface area contributed by atoms with Crippen LogP contribution in [0.2, 0.25) is 0 Å². The maximum absolute atomic E-state index is 12.7. The molecule has 0 saturated carbocycles. The standard InChI is InChI=1S/C19H30N2O4S/c1-6-9-10-11-12-14(22)20-17-15(19(24)25-5)13(4)16(26-17)18(23)21(7-2)8-3/h6-12H2,1-5H3,(H,20,22). The topological polar surface area (TPSA) is 75.7 Å². The number of amides is 2. The normalized spacial score (nSPS) is 10.5. The quantitative estimate of drug-likeness (QED) is 0.485. The van der Waals surface area contributed by atoms with E-state index in [2.05, 4.69) is 12.2 Å². The van der Waals surface area contributed by atoms with Crippen molar-refractivity contribution >= 4 is 34.1 Å². The van der Waals surface area contributed by atoms with Gasteiger partial charge in [-0.15, -0.1) is 11.3 Å². The molecule has 0 spiro atoms. The molecule has 0 radical (unpaired) electrons. The van der Waals surface area contributed by atoms with Crippen molar-refractivity contribution in [2.24, 2.45) is 0 Å². The molecule has 7 heteroatoms. The maximum atomic E-state index is 12.7. The summed E-state index contributed by atoms with van der Waals surface area (Å²) in [5.41, 5.74) is 0.829. The Balaban J connectivity index is 3.06. The van der Waals surface area contributed by atoms with Crippen LogP contribution in [0.3, 0.4) is 0 Å². The first-order valence-corrected chi connectivity index (χ1v) is 10.0. The predicted octanol–water partition coefficient (Wildman–Crippen LogP) is 4.23. The van der Waals surface area contributed by atoms with Gasteiger partial charge in [0.1, 0.15) is 5.00 Å². The van der Waals surface area contributed by atoms with Crippen molar-refractivity contribution in [3.8, 4) is 0 Å². The summed E-state index contributed by atoms with van der Waals surface area (Å²) < 4.78 is 4.85. The van der Waals surface area contributed by atoms with E-state index in [9.17, 15) is 14.4 Å². The van der Waals surface area contributed by atoms with Crippen LogP contribution in [0.25, 0.3) is 0 Å². The lowest BCUT2D eigenvalue weighted by atomic mass is 10.1. The molecule has 0 fully saturated rings. The lowest BCUT2D eigenvalue weighted by Crippen LogP contribution is -2.30. The molecule has 1 rings (SSSR count). The second-order valence-corrected chi connectivity index (χ2v) is 7.11. The van der Waals surface area contributed by atoms with Crippen LogP contribution < -0.4 is 5.32 Å². The average molecular weight is 383 g/mol. The van der Waals surface area contributed by atoms with Crippen molar-refractivity contribution in [1.82, 2.24) is 4.90 Å². The fourth-order valence-corrected chi connectivity index (χ4v) is 3.89. The third-order valence-corrected chi connectivity index (χ3v) is 5.49. The van der Waals surface area contributed by atoms with E-state index in [1.165, 1.54) is 7.11 Å². The Morgan fingerprint density at radius 2 is 1.73 bits per heavy atom. The predicted molar refractivity (Wildman–Crippen MR) is 105 cm³/mol. The molecular formula is C19H30N2O4S. The van der Waals surface area contributed by atoms with Gasteiger partial charge in [-0.25, -0.2) is 4.79 Å². The zero-order valence-corrected chi connectivity index (χ0v) is 17.3. The SMILES string of the molecule is CCCCCCC(=O)Nc1sc(C(=O)N(CC)CC)c(C)c1C(=O)OC.